The zero-order chi connectivity index (χ0) is 30.3. The molecule has 214 valence electrons. The van der Waals surface area contributed by atoms with E-state index in [0.717, 1.165) is 21.6 Å². The van der Waals surface area contributed by atoms with Crippen molar-refractivity contribution >= 4 is 23.6 Å². The summed E-state index contributed by atoms with van der Waals surface area (Å²) in [4.78, 5) is 41.8. The first-order valence-electron chi connectivity index (χ1n) is 13.3. The van der Waals surface area contributed by atoms with Crippen LogP contribution >= 0.6 is 0 Å². The molecule has 41 heavy (non-hydrogen) atoms. The number of phenolic OH excluding ortho intramolecular Hbond substituents is 1. The van der Waals surface area contributed by atoms with E-state index < -0.39 is 35.6 Å². The van der Waals surface area contributed by atoms with Crippen molar-refractivity contribution in [3.63, 3.8) is 0 Å². The third kappa shape index (κ3) is 8.12. The molecule has 3 aromatic rings. The summed E-state index contributed by atoms with van der Waals surface area (Å²) in [7, 11) is 0. The summed E-state index contributed by atoms with van der Waals surface area (Å²) in [5.74, 6) is -1.18. The van der Waals surface area contributed by atoms with Crippen LogP contribution in [-0.2, 0) is 20.7 Å². The first-order chi connectivity index (χ1) is 19.3. The molecule has 2 unspecified atom stereocenters. The van der Waals surface area contributed by atoms with Gasteiger partial charge >= 0.3 is 6.09 Å². The van der Waals surface area contributed by atoms with E-state index in [1.807, 2.05) is 62.4 Å². The van der Waals surface area contributed by atoms with Gasteiger partial charge in [0.25, 0.3) is 11.8 Å². The molecular formula is C33H37N3O5. The van der Waals surface area contributed by atoms with Gasteiger partial charge in [0, 0.05) is 18.2 Å². The van der Waals surface area contributed by atoms with Crippen molar-refractivity contribution in [1.82, 2.24) is 10.2 Å². The van der Waals surface area contributed by atoms with Crippen LogP contribution in [0, 0.1) is 33.2 Å². The molecule has 0 aliphatic carbocycles. The summed E-state index contributed by atoms with van der Waals surface area (Å²) >= 11 is 0. The van der Waals surface area contributed by atoms with Gasteiger partial charge in [-0.1, -0.05) is 61.0 Å². The Morgan fingerprint density at radius 2 is 1.59 bits per heavy atom. The second-order valence-electron chi connectivity index (χ2n) is 10.9. The molecular weight excluding hydrogens is 518 g/mol. The average molecular weight is 556 g/mol. The van der Waals surface area contributed by atoms with Crippen LogP contribution in [0.1, 0.15) is 54.6 Å². The number of hydrogen-bond acceptors (Lipinski definition) is 5. The zero-order valence-electron chi connectivity index (χ0n) is 24.3. The number of para-hydroxylation sites is 1. The second-order valence-corrected chi connectivity index (χ2v) is 10.9. The minimum Gasteiger partial charge on any atom is -0.508 e. The third-order valence-corrected chi connectivity index (χ3v) is 6.42. The number of hydrogen-bond donors (Lipinski definition) is 3. The lowest BCUT2D eigenvalue weighted by Crippen LogP contribution is -2.51. The molecule has 0 aliphatic rings. The number of benzene rings is 3. The Morgan fingerprint density at radius 3 is 2.15 bits per heavy atom. The molecule has 0 heterocycles. The van der Waals surface area contributed by atoms with E-state index in [1.54, 1.807) is 39.8 Å². The molecule has 0 aliphatic heterocycles. The van der Waals surface area contributed by atoms with Crippen LogP contribution in [0.15, 0.2) is 66.7 Å². The Labute approximate surface area is 241 Å². The van der Waals surface area contributed by atoms with Crippen molar-refractivity contribution in [2.45, 2.75) is 65.6 Å². The monoisotopic (exact) mass is 555 g/mol. The van der Waals surface area contributed by atoms with Crippen LogP contribution in [0.4, 0.5) is 10.5 Å². The van der Waals surface area contributed by atoms with Crippen molar-refractivity contribution in [2.75, 3.05) is 5.32 Å². The van der Waals surface area contributed by atoms with Crippen LogP contribution in [0.25, 0.3) is 0 Å². The maximum atomic E-state index is 14.1. The predicted molar refractivity (Wildman–Crippen MR) is 159 cm³/mol. The number of anilines is 1. The average Bonchev–Trinajstić information content (AvgIpc) is 2.90. The van der Waals surface area contributed by atoms with Gasteiger partial charge < -0.3 is 20.5 Å². The third-order valence-electron chi connectivity index (χ3n) is 6.42. The largest absolute Gasteiger partial charge is 0.508 e. The fourth-order valence-corrected chi connectivity index (χ4v) is 4.40. The Hall–Kier alpha value is -4.77. The van der Waals surface area contributed by atoms with Gasteiger partial charge in [0.2, 0.25) is 0 Å². The van der Waals surface area contributed by atoms with Gasteiger partial charge in [-0.2, -0.15) is 0 Å². The molecule has 0 spiro atoms. The van der Waals surface area contributed by atoms with Crippen molar-refractivity contribution in [3.05, 3.63) is 94.5 Å². The molecule has 8 nitrogen and oxygen atoms in total. The summed E-state index contributed by atoms with van der Waals surface area (Å²) in [6.45, 7) is 10.6. The van der Waals surface area contributed by atoms with Crippen LogP contribution in [0.5, 0.6) is 5.75 Å². The number of carbonyl (C=O) groups is 3. The van der Waals surface area contributed by atoms with E-state index in [1.165, 1.54) is 6.07 Å². The maximum Gasteiger partial charge on any atom is 0.408 e. The highest BCUT2D eigenvalue weighted by atomic mass is 16.6. The lowest BCUT2D eigenvalue weighted by Gasteiger charge is -2.31. The van der Waals surface area contributed by atoms with Crippen LogP contribution in [0.3, 0.4) is 0 Å². The molecule has 3 aromatic carbocycles. The smallest absolute Gasteiger partial charge is 0.408 e. The number of aromatic hydroxyl groups is 1. The summed E-state index contributed by atoms with van der Waals surface area (Å²) < 4.78 is 5.42. The minimum absolute atomic E-state index is 0.0368. The predicted octanol–water partition coefficient (Wildman–Crippen LogP) is 5.55. The number of terminal acetylenes is 1. The van der Waals surface area contributed by atoms with E-state index in [0.29, 0.717) is 16.8 Å². The molecule has 0 saturated heterocycles. The Bertz CT molecular complexity index is 1430. The number of rotatable bonds is 8. The number of alkyl carbamates (subject to hydrolysis) is 1. The quantitative estimate of drug-likeness (QED) is 0.249. The van der Waals surface area contributed by atoms with Gasteiger partial charge in [-0.05, 0) is 81.5 Å². The van der Waals surface area contributed by atoms with Crippen molar-refractivity contribution in [2.24, 2.45) is 0 Å². The highest BCUT2D eigenvalue weighted by Gasteiger charge is 2.36. The van der Waals surface area contributed by atoms with Gasteiger partial charge in [0.15, 0.2) is 0 Å². The van der Waals surface area contributed by atoms with Gasteiger partial charge in [0.05, 0.1) is 0 Å². The summed E-state index contributed by atoms with van der Waals surface area (Å²) in [5, 5.41) is 15.7. The molecule has 0 fully saturated rings. The highest BCUT2D eigenvalue weighted by Crippen LogP contribution is 2.29. The minimum atomic E-state index is -1.27. The maximum absolute atomic E-state index is 14.1. The molecule has 0 aromatic heterocycles. The van der Waals surface area contributed by atoms with Gasteiger partial charge in [-0.15, -0.1) is 0 Å². The van der Waals surface area contributed by atoms with Crippen LogP contribution in [0.2, 0.25) is 0 Å². The highest BCUT2D eigenvalue weighted by molar-refractivity contribution is 6.00. The second kappa shape index (κ2) is 13.1. The molecule has 0 bridgehead atoms. The van der Waals surface area contributed by atoms with Gasteiger partial charge in [0.1, 0.15) is 23.4 Å². The van der Waals surface area contributed by atoms with Crippen molar-refractivity contribution in [1.29, 1.82) is 0 Å². The molecule has 3 rings (SSSR count). The van der Waals surface area contributed by atoms with Crippen molar-refractivity contribution < 1.29 is 24.2 Å². The first-order valence-corrected chi connectivity index (χ1v) is 13.3. The number of ether oxygens (including phenoxy) is 1. The normalized spacial score (nSPS) is 12.4. The molecule has 3 N–H and O–H groups in total. The van der Waals surface area contributed by atoms with Crippen LogP contribution in [-0.4, -0.2) is 39.6 Å². The number of nitrogens with zero attached hydrogens (tertiary/aromatic N) is 1. The summed E-state index contributed by atoms with van der Waals surface area (Å²) in [6, 6.07) is 19.3. The SMILES string of the molecule is C#CN(C(=O)C(Cc1ccccc1)NC(=O)OC(C)(C)C)C(C(=O)Nc1c(C)cccc1C)c1ccc(O)c(C)c1. The fraction of sp³-hybridized carbons (Fsp3) is 0.303. The van der Waals surface area contributed by atoms with E-state index in [-0.39, 0.29) is 12.2 Å². The fourth-order valence-electron chi connectivity index (χ4n) is 4.40. The lowest BCUT2D eigenvalue weighted by molar-refractivity contribution is -0.136. The van der Waals surface area contributed by atoms with Gasteiger partial charge in [-0.25, -0.2) is 4.79 Å². The Kier molecular flexibility index (Phi) is 9.80. The lowest BCUT2D eigenvalue weighted by atomic mass is 9.99. The standard InChI is InChI=1S/C33H37N3O5/c1-8-36(31(39)26(20-24-15-10-9-11-16-24)34-32(40)41-33(5,6)7)29(25-17-18-27(37)23(4)19-25)30(38)35-28-21(2)13-12-14-22(28)3/h1,9-19,26,29,37H,20H2,2-7H3,(H,34,40)(H,35,38). The van der Waals surface area contributed by atoms with Crippen molar-refractivity contribution in [3.8, 4) is 18.2 Å². The number of aryl methyl sites for hydroxylation is 3. The topological polar surface area (TPSA) is 108 Å². The summed E-state index contributed by atoms with van der Waals surface area (Å²) in [6.07, 6.45) is 5.23. The van der Waals surface area contributed by atoms with Crippen LogP contribution < -0.4 is 10.6 Å². The van der Waals surface area contributed by atoms with E-state index in [9.17, 15) is 19.5 Å². The van der Waals surface area contributed by atoms with E-state index in [2.05, 4.69) is 16.7 Å². The molecule has 0 radical (unpaired) electrons. The summed E-state index contributed by atoms with van der Waals surface area (Å²) in [5.41, 5.74) is 3.16. The zero-order valence-corrected chi connectivity index (χ0v) is 24.3. The molecule has 2 atom stereocenters. The number of nitrogens with one attached hydrogen (secondary N) is 2. The first kappa shape index (κ1) is 30.8. The van der Waals surface area contributed by atoms with E-state index >= 15 is 0 Å². The molecule has 0 saturated carbocycles. The number of phenols is 1. The Balaban J connectivity index is 2.06. The van der Waals surface area contributed by atoms with E-state index in [4.69, 9.17) is 11.2 Å². The molecule has 8 heteroatoms. The number of carbonyl (C=O) groups excluding carboxylic acids is 3. The van der Waals surface area contributed by atoms with Gasteiger partial charge in [-0.3, -0.25) is 14.5 Å². The Morgan fingerprint density at radius 1 is 0.951 bits per heavy atom. The molecule has 3 amide bonds. The number of amides is 3.